The molecule has 1 aromatic rings. The summed E-state index contributed by atoms with van der Waals surface area (Å²) in [6.07, 6.45) is 7.97. The summed E-state index contributed by atoms with van der Waals surface area (Å²) in [5.74, 6) is -0.757. The van der Waals surface area contributed by atoms with E-state index in [1.807, 2.05) is 20.8 Å². The molecule has 0 aromatic heterocycles. The molecule has 1 rings (SSSR count). The lowest BCUT2D eigenvalue weighted by Gasteiger charge is -2.13. The number of unbranched alkanes of at least 4 members (excludes halogenated alkanes) is 4. The molecular formula is C22H36O4P+. The second-order valence-electron chi connectivity index (χ2n) is 7.33. The van der Waals surface area contributed by atoms with Gasteiger partial charge in [-0.05, 0) is 51.2 Å². The number of Topliss-reactive ketones (excluding diaryl/α,β-unsaturated/α-hetero) is 1. The molecule has 0 aliphatic carbocycles. The van der Waals surface area contributed by atoms with Crippen molar-refractivity contribution < 1.29 is 19.3 Å². The first kappa shape index (κ1) is 25.5. The van der Waals surface area contributed by atoms with E-state index in [-0.39, 0.29) is 11.7 Å². The second kappa shape index (κ2) is 14.5. The highest BCUT2D eigenvalue weighted by Crippen LogP contribution is 2.21. The summed E-state index contributed by atoms with van der Waals surface area (Å²) in [6.45, 7) is 8.18. The molecule has 0 heterocycles. The fourth-order valence-corrected chi connectivity index (χ4v) is 3.63. The van der Waals surface area contributed by atoms with Crippen LogP contribution >= 0.6 is 9.12 Å². The van der Waals surface area contributed by atoms with Crippen LogP contribution in [0.5, 0.6) is 0 Å². The van der Waals surface area contributed by atoms with Gasteiger partial charge in [-0.2, -0.15) is 0 Å². The van der Waals surface area contributed by atoms with Gasteiger partial charge in [-0.1, -0.05) is 61.3 Å². The molecule has 1 N–H and O–H groups in total. The van der Waals surface area contributed by atoms with E-state index in [0.29, 0.717) is 12.8 Å². The van der Waals surface area contributed by atoms with E-state index in [1.165, 1.54) is 21.1 Å². The molecule has 2 unspecified atom stereocenters. The molecule has 0 aliphatic heterocycles. The van der Waals surface area contributed by atoms with Gasteiger partial charge in [0.25, 0.3) is 0 Å². The number of aryl methyl sites for hydroxylation is 3. The third-order valence-electron chi connectivity index (χ3n) is 4.92. The van der Waals surface area contributed by atoms with Gasteiger partial charge in [-0.3, -0.25) is 9.59 Å². The fraction of sp³-hybridized carbons (Fsp3) is 0.636. The monoisotopic (exact) mass is 395 g/mol. The molecule has 0 bridgehead atoms. The highest BCUT2D eigenvalue weighted by atomic mass is 31.0. The molecule has 2 atom stereocenters. The number of hydrogen-bond donors (Lipinski definition) is 1. The quantitative estimate of drug-likeness (QED) is 0.258. The van der Waals surface area contributed by atoms with Crippen molar-refractivity contribution >= 4 is 20.9 Å². The molecule has 1 aromatic carbocycles. The van der Waals surface area contributed by atoms with Gasteiger partial charge in [-0.25, -0.2) is 0 Å². The zero-order chi connectivity index (χ0) is 20.8. The van der Waals surface area contributed by atoms with Gasteiger partial charge in [0.1, 0.15) is 0 Å². The highest BCUT2D eigenvalue weighted by molar-refractivity contribution is 7.00. The minimum atomic E-state index is -0.687. The SMILES string of the molecule is CCCCCCC(CCCCC(=O)c1c(C)cc(C)cc1C)C(=O)O.O=[PH2+]. The van der Waals surface area contributed by atoms with Crippen molar-refractivity contribution in [1.82, 2.24) is 0 Å². The Morgan fingerprint density at radius 3 is 1.93 bits per heavy atom. The van der Waals surface area contributed by atoms with Crippen molar-refractivity contribution in [3.63, 3.8) is 0 Å². The molecule has 0 aliphatic rings. The predicted octanol–water partition coefficient (Wildman–Crippen LogP) is 6.23. The van der Waals surface area contributed by atoms with Crippen molar-refractivity contribution in [3.8, 4) is 0 Å². The maximum Gasteiger partial charge on any atom is 0.310 e. The van der Waals surface area contributed by atoms with E-state index in [4.69, 9.17) is 4.57 Å². The van der Waals surface area contributed by atoms with Gasteiger partial charge in [-0.15, -0.1) is 0 Å². The third kappa shape index (κ3) is 9.81. The molecular weight excluding hydrogens is 359 g/mol. The van der Waals surface area contributed by atoms with Crippen LogP contribution in [0.2, 0.25) is 0 Å². The number of carboxylic acids is 1. The lowest BCUT2D eigenvalue weighted by atomic mass is 9.92. The van der Waals surface area contributed by atoms with Crippen LogP contribution in [0.3, 0.4) is 0 Å². The van der Waals surface area contributed by atoms with Crippen LogP contribution in [0.1, 0.15) is 91.8 Å². The molecule has 4 nitrogen and oxygen atoms in total. The molecule has 0 radical (unpaired) electrons. The van der Waals surface area contributed by atoms with Gasteiger partial charge in [0, 0.05) is 12.0 Å². The van der Waals surface area contributed by atoms with Crippen molar-refractivity contribution in [2.45, 2.75) is 85.5 Å². The Labute approximate surface area is 166 Å². The van der Waals surface area contributed by atoms with Crippen molar-refractivity contribution in [3.05, 3.63) is 34.4 Å². The predicted molar refractivity (Wildman–Crippen MR) is 114 cm³/mol. The van der Waals surface area contributed by atoms with Crippen LogP contribution in [0.15, 0.2) is 12.1 Å². The van der Waals surface area contributed by atoms with Gasteiger partial charge in [0.2, 0.25) is 0 Å². The van der Waals surface area contributed by atoms with Crippen molar-refractivity contribution in [2.24, 2.45) is 5.92 Å². The Bertz CT molecular complexity index is 575. The van der Waals surface area contributed by atoms with E-state index in [0.717, 1.165) is 55.2 Å². The Morgan fingerprint density at radius 1 is 0.926 bits per heavy atom. The smallest absolute Gasteiger partial charge is 0.310 e. The summed E-state index contributed by atoms with van der Waals surface area (Å²) in [6, 6.07) is 4.11. The number of benzene rings is 1. The molecule has 27 heavy (non-hydrogen) atoms. The summed E-state index contributed by atoms with van der Waals surface area (Å²) in [5, 5.41) is 9.35. The molecule has 0 fully saturated rings. The Hall–Kier alpha value is -1.54. The fourth-order valence-electron chi connectivity index (χ4n) is 3.63. The summed E-state index contributed by atoms with van der Waals surface area (Å²) < 4.78 is 8.17. The normalized spacial score (nSPS) is 11.4. The molecule has 152 valence electrons. The summed E-state index contributed by atoms with van der Waals surface area (Å²) in [5.41, 5.74) is 4.11. The summed E-state index contributed by atoms with van der Waals surface area (Å²) >= 11 is 0. The highest BCUT2D eigenvalue weighted by Gasteiger charge is 2.17. The zero-order valence-corrected chi connectivity index (χ0v) is 18.5. The Morgan fingerprint density at radius 2 is 1.44 bits per heavy atom. The lowest BCUT2D eigenvalue weighted by Crippen LogP contribution is -2.14. The average Bonchev–Trinajstić information content (AvgIpc) is 2.60. The first-order chi connectivity index (χ1) is 12.9. The number of hydrogen-bond acceptors (Lipinski definition) is 3. The van der Waals surface area contributed by atoms with Crippen LogP contribution < -0.4 is 0 Å². The number of carbonyl (C=O) groups is 2. The number of ketones is 1. The second-order valence-corrected chi connectivity index (χ2v) is 7.33. The van der Waals surface area contributed by atoms with Crippen molar-refractivity contribution in [2.75, 3.05) is 0 Å². The topological polar surface area (TPSA) is 71.4 Å². The average molecular weight is 396 g/mol. The van der Waals surface area contributed by atoms with Gasteiger partial charge in [0.05, 0.1) is 5.92 Å². The maximum atomic E-state index is 12.5. The van der Waals surface area contributed by atoms with E-state index in [9.17, 15) is 14.7 Å². The standard InChI is InChI=1S/C22H34O3.H2OP/c1-5-6-7-8-11-19(22(24)25)12-9-10-13-20(23)21-17(3)14-16(2)15-18(21)4;1-2/h14-15,19H,5-13H2,1-4H3,(H,24,25);2H2/q;+1. The molecule has 0 spiro atoms. The number of rotatable bonds is 12. The maximum absolute atomic E-state index is 12.5. The number of carboxylic acid groups (broad SMARTS) is 1. The van der Waals surface area contributed by atoms with Crippen LogP contribution in [0.4, 0.5) is 0 Å². The number of aliphatic carboxylic acids is 1. The molecule has 5 heteroatoms. The van der Waals surface area contributed by atoms with Gasteiger partial charge >= 0.3 is 15.1 Å². The summed E-state index contributed by atoms with van der Waals surface area (Å²) in [7, 11) is 1.17. The zero-order valence-electron chi connectivity index (χ0n) is 17.3. The first-order valence-electron chi connectivity index (χ1n) is 9.94. The molecule has 0 amide bonds. The van der Waals surface area contributed by atoms with E-state index in [2.05, 4.69) is 19.1 Å². The molecule has 0 saturated carbocycles. The third-order valence-corrected chi connectivity index (χ3v) is 4.92. The van der Waals surface area contributed by atoms with E-state index >= 15 is 0 Å². The van der Waals surface area contributed by atoms with Crippen LogP contribution in [-0.2, 0) is 9.36 Å². The van der Waals surface area contributed by atoms with Crippen LogP contribution in [0, 0.1) is 26.7 Å². The first-order valence-corrected chi connectivity index (χ1v) is 10.4. The van der Waals surface area contributed by atoms with E-state index in [1.54, 1.807) is 0 Å². The van der Waals surface area contributed by atoms with Crippen LogP contribution in [0.25, 0.3) is 0 Å². The largest absolute Gasteiger partial charge is 0.481 e. The van der Waals surface area contributed by atoms with Gasteiger partial charge < -0.3 is 5.11 Å². The van der Waals surface area contributed by atoms with Crippen LogP contribution in [-0.4, -0.2) is 16.9 Å². The minimum absolute atomic E-state index is 0.185. The number of carbonyl (C=O) groups excluding carboxylic acids is 1. The van der Waals surface area contributed by atoms with Crippen molar-refractivity contribution in [1.29, 1.82) is 0 Å². The minimum Gasteiger partial charge on any atom is -0.481 e. The Balaban J connectivity index is 0.00000326. The van der Waals surface area contributed by atoms with Gasteiger partial charge in [0.15, 0.2) is 5.78 Å². The lowest BCUT2D eigenvalue weighted by molar-refractivity contribution is -0.142. The molecule has 0 saturated heterocycles. The van der Waals surface area contributed by atoms with E-state index < -0.39 is 5.97 Å². The Kier molecular flexibility index (Phi) is 13.7. The summed E-state index contributed by atoms with van der Waals surface area (Å²) in [4.78, 5) is 23.9.